The predicted molar refractivity (Wildman–Crippen MR) is 99.7 cm³/mol. The molecule has 2 N–H and O–H groups in total. The maximum Gasteiger partial charge on any atom is 0.243 e. The average Bonchev–Trinajstić information content (AvgIpc) is 2.60. The molecule has 0 radical (unpaired) electrons. The number of nitrogens with zero attached hydrogens (tertiary/aromatic N) is 1. The van der Waals surface area contributed by atoms with E-state index in [-0.39, 0.29) is 30.9 Å². The van der Waals surface area contributed by atoms with Crippen molar-refractivity contribution < 1.29 is 9.59 Å². The zero-order valence-corrected chi connectivity index (χ0v) is 14.4. The number of hydrogen-bond donors (Lipinski definition) is 2. The van der Waals surface area contributed by atoms with Crippen LogP contribution in [0.1, 0.15) is 18.9 Å². The summed E-state index contributed by atoms with van der Waals surface area (Å²) >= 11 is 0. The molecule has 0 aromatic heterocycles. The molecule has 2 aromatic carbocycles. The molecule has 0 fully saturated rings. The summed E-state index contributed by atoms with van der Waals surface area (Å²) in [5, 5.41) is 5.86. The fourth-order valence-corrected chi connectivity index (χ4v) is 3.04. The fourth-order valence-electron chi connectivity index (χ4n) is 3.04. The van der Waals surface area contributed by atoms with Gasteiger partial charge in [-0.3, -0.25) is 9.59 Å². The highest BCUT2D eigenvalue weighted by Gasteiger charge is 2.23. The topological polar surface area (TPSA) is 61.4 Å². The van der Waals surface area contributed by atoms with Gasteiger partial charge in [0.1, 0.15) is 0 Å². The number of anilines is 2. The summed E-state index contributed by atoms with van der Waals surface area (Å²) in [4.78, 5) is 26.0. The molecule has 5 heteroatoms. The normalized spacial score (nSPS) is 14.4. The SMILES string of the molecule is CC(CCc1ccccc1)NC(=O)CN1CC(=O)Nc2ccccc21. The highest BCUT2D eigenvalue weighted by molar-refractivity contribution is 6.02. The first kappa shape index (κ1) is 17.0. The van der Waals surface area contributed by atoms with Crippen molar-refractivity contribution in [2.24, 2.45) is 0 Å². The lowest BCUT2D eigenvalue weighted by molar-refractivity contribution is -0.120. The van der Waals surface area contributed by atoms with Gasteiger partial charge in [-0.15, -0.1) is 0 Å². The van der Waals surface area contributed by atoms with Gasteiger partial charge in [0.25, 0.3) is 0 Å². The summed E-state index contributed by atoms with van der Waals surface area (Å²) in [5.74, 6) is -0.159. The van der Waals surface area contributed by atoms with Crippen LogP contribution in [-0.2, 0) is 16.0 Å². The predicted octanol–water partition coefficient (Wildman–Crippen LogP) is 2.58. The molecule has 1 heterocycles. The Bertz CT molecular complexity index is 746. The van der Waals surface area contributed by atoms with Crippen molar-refractivity contribution >= 4 is 23.2 Å². The Balaban J connectivity index is 1.53. The molecular formula is C20H23N3O2. The minimum Gasteiger partial charge on any atom is -0.352 e. The molecule has 1 atom stereocenters. The molecule has 0 spiro atoms. The minimum atomic E-state index is -0.0939. The van der Waals surface area contributed by atoms with Crippen LogP contribution in [-0.4, -0.2) is 30.9 Å². The van der Waals surface area contributed by atoms with E-state index in [1.54, 1.807) is 0 Å². The quantitative estimate of drug-likeness (QED) is 0.852. The number of carbonyl (C=O) groups is 2. The Kier molecular flexibility index (Phi) is 5.33. The van der Waals surface area contributed by atoms with E-state index in [4.69, 9.17) is 0 Å². The first-order valence-corrected chi connectivity index (χ1v) is 8.59. The molecule has 1 aliphatic heterocycles. The van der Waals surface area contributed by atoms with Crippen LogP contribution < -0.4 is 15.5 Å². The van der Waals surface area contributed by atoms with Crippen molar-refractivity contribution in [2.45, 2.75) is 25.8 Å². The van der Waals surface area contributed by atoms with E-state index in [1.165, 1.54) is 5.56 Å². The number of carbonyl (C=O) groups excluding carboxylic acids is 2. The number of nitrogens with one attached hydrogen (secondary N) is 2. The molecule has 1 unspecified atom stereocenters. The van der Waals surface area contributed by atoms with E-state index in [0.29, 0.717) is 0 Å². The van der Waals surface area contributed by atoms with Crippen molar-refractivity contribution in [2.75, 3.05) is 23.3 Å². The van der Waals surface area contributed by atoms with E-state index in [9.17, 15) is 9.59 Å². The van der Waals surface area contributed by atoms with Gasteiger partial charge in [0, 0.05) is 6.04 Å². The summed E-state index contributed by atoms with van der Waals surface area (Å²) in [5.41, 5.74) is 2.91. The Hall–Kier alpha value is -2.82. The molecule has 2 amide bonds. The number of fused-ring (bicyclic) bond motifs is 1. The highest BCUT2D eigenvalue weighted by Crippen LogP contribution is 2.28. The van der Waals surface area contributed by atoms with Gasteiger partial charge in [-0.05, 0) is 37.5 Å². The third kappa shape index (κ3) is 4.59. The first-order chi connectivity index (χ1) is 12.1. The van der Waals surface area contributed by atoms with Gasteiger partial charge in [-0.25, -0.2) is 0 Å². The maximum atomic E-state index is 12.4. The Morgan fingerprint density at radius 1 is 1.16 bits per heavy atom. The number of benzene rings is 2. The van der Waals surface area contributed by atoms with Gasteiger partial charge >= 0.3 is 0 Å². The van der Waals surface area contributed by atoms with Crippen LogP contribution in [0.3, 0.4) is 0 Å². The van der Waals surface area contributed by atoms with Crippen LogP contribution in [0.25, 0.3) is 0 Å². The Labute approximate surface area is 148 Å². The summed E-state index contributed by atoms with van der Waals surface area (Å²) in [6.45, 7) is 2.39. The summed E-state index contributed by atoms with van der Waals surface area (Å²) in [6.07, 6.45) is 1.81. The van der Waals surface area contributed by atoms with Gasteiger partial charge in [-0.2, -0.15) is 0 Å². The van der Waals surface area contributed by atoms with E-state index in [1.807, 2.05) is 54.3 Å². The first-order valence-electron chi connectivity index (χ1n) is 8.59. The zero-order chi connectivity index (χ0) is 17.6. The van der Waals surface area contributed by atoms with Gasteiger partial charge in [0.15, 0.2) is 0 Å². The number of para-hydroxylation sites is 2. The summed E-state index contributed by atoms with van der Waals surface area (Å²) < 4.78 is 0. The second kappa shape index (κ2) is 7.83. The highest BCUT2D eigenvalue weighted by atomic mass is 16.2. The second-order valence-corrected chi connectivity index (χ2v) is 6.41. The third-order valence-corrected chi connectivity index (χ3v) is 4.30. The third-order valence-electron chi connectivity index (χ3n) is 4.30. The van der Waals surface area contributed by atoms with E-state index in [2.05, 4.69) is 22.8 Å². The molecule has 0 aliphatic carbocycles. The van der Waals surface area contributed by atoms with Gasteiger partial charge in [-0.1, -0.05) is 42.5 Å². The van der Waals surface area contributed by atoms with Gasteiger partial charge < -0.3 is 15.5 Å². The minimum absolute atomic E-state index is 0.0648. The number of rotatable bonds is 6. The second-order valence-electron chi connectivity index (χ2n) is 6.41. The fraction of sp³-hybridized carbons (Fsp3) is 0.300. The van der Waals surface area contributed by atoms with Crippen molar-refractivity contribution in [3.8, 4) is 0 Å². The molecule has 0 bridgehead atoms. The molecule has 0 saturated heterocycles. The molecule has 1 aliphatic rings. The van der Waals surface area contributed by atoms with Gasteiger partial charge in [0.2, 0.25) is 11.8 Å². The summed E-state index contributed by atoms with van der Waals surface area (Å²) in [6, 6.07) is 17.9. The lowest BCUT2D eigenvalue weighted by atomic mass is 10.1. The average molecular weight is 337 g/mol. The monoisotopic (exact) mass is 337 g/mol. The summed E-state index contributed by atoms with van der Waals surface area (Å²) in [7, 11) is 0. The smallest absolute Gasteiger partial charge is 0.243 e. The van der Waals surface area contributed by atoms with Crippen LogP contribution in [0.4, 0.5) is 11.4 Å². The molecule has 2 aromatic rings. The molecule has 0 saturated carbocycles. The number of amides is 2. The van der Waals surface area contributed by atoms with Crippen LogP contribution >= 0.6 is 0 Å². The molecule has 130 valence electrons. The van der Waals surface area contributed by atoms with Crippen LogP contribution in [0.15, 0.2) is 54.6 Å². The molecule has 5 nitrogen and oxygen atoms in total. The van der Waals surface area contributed by atoms with Crippen molar-refractivity contribution in [1.82, 2.24) is 5.32 Å². The standard InChI is InChI=1S/C20H23N3O2/c1-15(11-12-16-7-3-2-4-8-16)21-19(24)13-23-14-20(25)22-17-9-5-6-10-18(17)23/h2-10,15H,11-14H2,1H3,(H,21,24)(H,22,25). The van der Waals surface area contributed by atoms with Crippen LogP contribution in [0.5, 0.6) is 0 Å². The molecule has 25 heavy (non-hydrogen) atoms. The van der Waals surface area contributed by atoms with E-state index >= 15 is 0 Å². The number of hydrogen-bond acceptors (Lipinski definition) is 3. The van der Waals surface area contributed by atoms with Gasteiger partial charge in [0.05, 0.1) is 24.5 Å². The van der Waals surface area contributed by atoms with E-state index in [0.717, 1.165) is 24.2 Å². The lowest BCUT2D eigenvalue weighted by Crippen LogP contribution is -2.46. The number of aryl methyl sites for hydroxylation is 1. The van der Waals surface area contributed by atoms with Crippen molar-refractivity contribution in [3.05, 3.63) is 60.2 Å². The molecular weight excluding hydrogens is 314 g/mol. The Morgan fingerprint density at radius 3 is 2.68 bits per heavy atom. The lowest BCUT2D eigenvalue weighted by Gasteiger charge is -2.30. The maximum absolute atomic E-state index is 12.4. The largest absolute Gasteiger partial charge is 0.352 e. The Morgan fingerprint density at radius 2 is 1.88 bits per heavy atom. The van der Waals surface area contributed by atoms with Crippen LogP contribution in [0.2, 0.25) is 0 Å². The zero-order valence-electron chi connectivity index (χ0n) is 14.4. The van der Waals surface area contributed by atoms with E-state index < -0.39 is 0 Å². The van der Waals surface area contributed by atoms with Crippen molar-refractivity contribution in [3.63, 3.8) is 0 Å². The molecule has 3 rings (SSSR count). The van der Waals surface area contributed by atoms with Crippen molar-refractivity contribution in [1.29, 1.82) is 0 Å². The van der Waals surface area contributed by atoms with Crippen LogP contribution in [0, 0.1) is 0 Å².